The third-order valence-electron chi connectivity index (χ3n) is 2.29. The van der Waals surface area contributed by atoms with Gasteiger partial charge < -0.3 is 9.88 Å². The predicted molar refractivity (Wildman–Crippen MR) is 73.4 cm³/mol. The van der Waals surface area contributed by atoms with Gasteiger partial charge in [0.2, 0.25) is 5.91 Å². The lowest BCUT2D eigenvalue weighted by molar-refractivity contribution is -0.123. The molecule has 2 heterocycles. The highest BCUT2D eigenvalue weighted by Crippen LogP contribution is 2.22. The average molecular weight is 263 g/mol. The van der Waals surface area contributed by atoms with Gasteiger partial charge in [0.15, 0.2) is 0 Å². The third kappa shape index (κ3) is 3.20. The summed E-state index contributed by atoms with van der Waals surface area (Å²) in [6, 6.07) is 3.99. The van der Waals surface area contributed by atoms with Crippen molar-refractivity contribution in [3.05, 3.63) is 29.9 Å². The maximum absolute atomic E-state index is 11.9. The van der Waals surface area contributed by atoms with E-state index in [-0.39, 0.29) is 11.4 Å². The Morgan fingerprint density at radius 1 is 1.50 bits per heavy atom. The molecule has 0 unspecified atom stereocenters. The van der Waals surface area contributed by atoms with Crippen LogP contribution in [0.4, 0.5) is 0 Å². The van der Waals surface area contributed by atoms with E-state index < -0.39 is 0 Å². The number of nitrogens with one attached hydrogen (secondary N) is 1. The highest BCUT2D eigenvalue weighted by molar-refractivity contribution is 7.13. The van der Waals surface area contributed by atoms with E-state index in [2.05, 4.69) is 10.3 Å². The van der Waals surface area contributed by atoms with Crippen LogP contribution in [0.3, 0.4) is 0 Å². The Morgan fingerprint density at radius 2 is 2.28 bits per heavy atom. The maximum Gasteiger partial charge on any atom is 0.240 e. The van der Waals surface area contributed by atoms with Crippen molar-refractivity contribution in [2.45, 2.75) is 32.9 Å². The molecule has 0 bridgehead atoms. The van der Waals surface area contributed by atoms with E-state index in [1.807, 2.05) is 49.0 Å². The van der Waals surface area contributed by atoms with Crippen LogP contribution in [-0.4, -0.2) is 21.0 Å². The first-order valence-corrected chi connectivity index (χ1v) is 6.70. The van der Waals surface area contributed by atoms with Crippen LogP contribution in [0.2, 0.25) is 0 Å². The fourth-order valence-corrected chi connectivity index (χ4v) is 2.42. The topological polar surface area (TPSA) is 46.9 Å². The molecule has 2 aromatic rings. The molecule has 0 aliphatic rings. The second kappa shape index (κ2) is 4.94. The Labute approximate surface area is 111 Å². The van der Waals surface area contributed by atoms with Gasteiger partial charge in [-0.2, -0.15) is 0 Å². The van der Waals surface area contributed by atoms with Gasteiger partial charge in [0, 0.05) is 17.9 Å². The van der Waals surface area contributed by atoms with Crippen LogP contribution in [0, 0.1) is 0 Å². The molecule has 1 N–H and O–H groups in total. The predicted octanol–water partition coefficient (Wildman–Crippen LogP) is 2.53. The van der Waals surface area contributed by atoms with Crippen molar-refractivity contribution in [3.63, 3.8) is 0 Å². The van der Waals surface area contributed by atoms with Crippen molar-refractivity contribution >= 4 is 17.2 Å². The first kappa shape index (κ1) is 12.8. The van der Waals surface area contributed by atoms with Crippen LogP contribution in [-0.2, 0) is 11.3 Å². The van der Waals surface area contributed by atoms with Gasteiger partial charge in [-0.05, 0) is 32.2 Å². The maximum atomic E-state index is 11.9. The Hall–Kier alpha value is -1.62. The second-order valence-electron chi connectivity index (χ2n) is 5.15. The van der Waals surface area contributed by atoms with Crippen LogP contribution in [0.5, 0.6) is 0 Å². The normalized spacial score (nSPS) is 11.5. The zero-order chi connectivity index (χ0) is 13.2. The van der Waals surface area contributed by atoms with E-state index in [0.717, 1.165) is 10.7 Å². The molecule has 0 fully saturated rings. The highest BCUT2D eigenvalue weighted by Gasteiger charge is 2.15. The number of carbonyl (C=O) groups is 1. The van der Waals surface area contributed by atoms with Crippen molar-refractivity contribution in [3.8, 4) is 10.7 Å². The molecule has 0 spiro atoms. The molecular formula is C13H17N3OS. The minimum atomic E-state index is -0.208. The van der Waals surface area contributed by atoms with Crippen molar-refractivity contribution in [2.75, 3.05) is 0 Å². The number of hydrogen-bond donors (Lipinski definition) is 1. The van der Waals surface area contributed by atoms with Crippen molar-refractivity contribution in [1.82, 2.24) is 14.9 Å². The molecule has 96 valence electrons. The first-order chi connectivity index (χ1) is 8.46. The Bertz CT molecular complexity index is 523. The van der Waals surface area contributed by atoms with Crippen LogP contribution in [0.25, 0.3) is 10.7 Å². The molecule has 0 aliphatic heterocycles. The third-order valence-corrected chi connectivity index (χ3v) is 3.15. The molecule has 2 rings (SSSR count). The number of nitrogens with zero attached hydrogens (tertiary/aromatic N) is 2. The molecule has 0 atom stereocenters. The van der Waals surface area contributed by atoms with Crippen LogP contribution in [0.15, 0.2) is 29.9 Å². The van der Waals surface area contributed by atoms with Gasteiger partial charge in [0.25, 0.3) is 0 Å². The Kier molecular flexibility index (Phi) is 3.52. The summed E-state index contributed by atoms with van der Waals surface area (Å²) in [6.45, 7) is 6.21. The zero-order valence-corrected chi connectivity index (χ0v) is 11.6. The monoisotopic (exact) mass is 263 g/mol. The van der Waals surface area contributed by atoms with E-state index in [9.17, 15) is 4.79 Å². The SMILES string of the molecule is CC(C)(C)NC(=O)Cn1ccnc1-c1cccs1. The zero-order valence-electron chi connectivity index (χ0n) is 10.8. The quantitative estimate of drug-likeness (QED) is 0.925. The number of carbonyl (C=O) groups excluding carboxylic acids is 1. The molecule has 4 nitrogen and oxygen atoms in total. The number of rotatable bonds is 3. The number of imidazole rings is 1. The fraction of sp³-hybridized carbons (Fsp3) is 0.385. The Morgan fingerprint density at radius 3 is 2.89 bits per heavy atom. The summed E-state index contributed by atoms with van der Waals surface area (Å²) in [5.74, 6) is 0.840. The summed E-state index contributed by atoms with van der Waals surface area (Å²) in [5.41, 5.74) is -0.208. The molecule has 1 amide bonds. The van der Waals surface area contributed by atoms with Gasteiger partial charge in [0.1, 0.15) is 12.4 Å². The lowest BCUT2D eigenvalue weighted by Crippen LogP contribution is -2.42. The summed E-state index contributed by atoms with van der Waals surface area (Å²) >= 11 is 1.62. The molecule has 0 radical (unpaired) electrons. The molecule has 2 aromatic heterocycles. The first-order valence-electron chi connectivity index (χ1n) is 5.82. The van der Waals surface area contributed by atoms with E-state index in [1.165, 1.54) is 0 Å². The van der Waals surface area contributed by atoms with Gasteiger partial charge in [0.05, 0.1) is 4.88 Å². The minimum Gasteiger partial charge on any atom is -0.350 e. The number of aromatic nitrogens is 2. The molecule has 0 aliphatic carbocycles. The lowest BCUT2D eigenvalue weighted by atomic mass is 10.1. The minimum absolute atomic E-state index is 0.00157. The summed E-state index contributed by atoms with van der Waals surface area (Å²) in [4.78, 5) is 17.3. The van der Waals surface area contributed by atoms with Crippen LogP contribution < -0.4 is 5.32 Å². The summed E-state index contributed by atoms with van der Waals surface area (Å²) < 4.78 is 1.87. The van der Waals surface area contributed by atoms with E-state index in [1.54, 1.807) is 17.5 Å². The van der Waals surface area contributed by atoms with Gasteiger partial charge >= 0.3 is 0 Å². The van der Waals surface area contributed by atoms with Crippen LogP contribution >= 0.6 is 11.3 Å². The lowest BCUT2D eigenvalue weighted by Gasteiger charge is -2.20. The van der Waals surface area contributed by atoms with Crippen LogP contribution in [0.1, 0.15) is 20.8 Å². The van der Waals surface area contributed by atoms with Crippen molar-refractivity contribution in [2.24, 2.45) is 0 Å². The van der Waals surface area contributed by atoms with E-state index in [4.69, 9.17) is 0 Å². The number of thiophene rings is 1. The van der Waals surface area contributed by atoms with E-state index >= 15 is 0 Å². The molecule has 0 saturated heterocycles. The van der Waals surface area contributed by atoms with Crippen molar-refractivity contribution < 1.29 is 4.79 Å². The van der Waals surface area contributed by atoms with Gasteiger partial charge in [-0.25, -0.2) is 4.98 Å². The molecule has 0 aromatic carbocycles. The number of amides is 1. The Balaban J connectivity index is 2.12. The summed E-state index contributed by atoms with van der Waals surface area (Å²) in [6.07, 6.45) is 3.55. The van der Waals surface area contributed by atoms with Crippen molar-refractivity contribution in [1.29, 1.82) is 0 Å². The molecular weight excluding hydrogens is 246 g/mol. The molecule has 5 heteroatoms. The highest BCUT2D eigenvalue weighted by atomic mass is 32.1. The molecule has 0 saturated carbocycles. The second-order valence-corrected chi connectivity index (χ2v) is 6.10. The molecule has 18 heavy (non-hydrogen) atoms. The van der Waals surface area contributed by atoms with E-state index in [0.29, 0.717) is 6.54 Å². The summed E-state index contributed by atoms with van der Waals surface area (Å²) in [7, 11) is 0. The number of hydrogen-bond acceptors (Lipinski definition) is 3. The smallest absolute Gasteiger partial charge is 0.240 e. The van der Waals surface area contributed by atoms with Gasteiger partial charge in [-0.1, -0.05) is 6.07 Å². The standard InChI is InChI=1S/C13H17N3OS/c1-13(2,3)15-11(17)9-16-7-6-14-12(16)10-5-4-8-18-10/h4-8H,9H2,1-3H3,(H,15,17). The van der Waals surface area contributed by atoms with Gasteiger partial charge in [-0.15, -0.1) is 11.3 Å². The average Bonchev–Trinajstić information content (AvgIpc) is 2.82. The van der Waals surface area contributed by atoms with Gasteiger partial charge in [-0.3, -0.25) is 4.79 Å². The largest absolute Gasteiger partial charge is 0.350 e. The summed E-state index contributed by atoms with van der Waals surface area (Å²) in [5, 5.41) is 4.95. The fourth-order valence-electron chi connectivity index (χ4n) is 1.68.